The molecule has 14 heteroatoms. The first kappa shape index (κ1) is 21.3. The molecule has 0 radical (unpaired) electrons. The van der Waals surface area contributed by atoms with Gasteiger partial charge in [-0.25, -0.2) is 19.6 Å². The van der Waals surface area contributed by atoms with E-state index in [1.807, 2.05) is 4.57 Å². The van der Waals surface area contributed by atoms with Crippen molar-refractivity contribution in [2.24, 2.45) is 10.8 Å². The van der Waals surface area contributed by atoms with Gasteiger partial charge in [0.25, 0.3) is 5.88 Å². The lowest BCUT2D eigenvalue weighted by molar-refractivity contribution is -0.129. The minimum Gasteiger partial charge on any atom is -0.434 e. The maximum atomic E-state index is 11.5. The van der Waals surface area contributed by atoms with Gasteiger partial charge >= 0.3 is 12.1 Å². The molecule has 0 spiro atoms. The molecular weight excluding hydrogens is 463 g/mol. The molecule has 1 aromatic carbocycles. The van der Waals surface area contributed by atoms with Crippen molar-refractivity contribution in [2.75, 3.05) is 5.43 Å². The van der Waals surface area contributed by atoms with Crippen LogP contribution in [0.3, 0.4) is 0 Å². The fraction of sp³-hybridized carbons (Fsp3) is 0.167. The van der Waals surface area contributed by atoms with Crippen LogP contribution in [-0.4, -0.2) is 37.3 Å². The molecule has 1 aliphatic rings. The molecule has 0 unspecified atom stereocenters. The van der Waals surface area contributed by atoms with Crippen LogP contribution in [0.2, 0.25) is 10.0 Å². The number of nitrogens with one attached hydrogen (secondary N) is 1. The second kappa shape index (κ2) is 8.66. The number of rotatable bonds is 6. The molecule has 3 N–H and O–H groups in total. The largest absolute Gasteiger partial charge is 0.434 e. The van der Waals surface area contributed by atoms with E-state index < -0.39 is 17.8 Å². The average Bonchev–Trinajstić information content (AvgIpc) is 3.49. The van der Waals surface area contributed by atoms with Crippen LogP contribution in [0.1, 0.15) is 18.9 Å². The lowest BCUT2D eigenvalue weighted by Crippen LogP contribution is -2.24. The zero-order valence-electron chi connectivity index (χ0n) is 16.0. The summed E-state index contributed by atoms with van der Waals surface area (Å²) >= 11 is 12.6. The summed E-state index contributed by atoms with van der Waals surface area (Å²) in [5.41, 5.74) is 7.74. The van der Waals surface area contributed by atoms with Gasteiger partial charge in [0, 0.05) is 6.04 Å². The zero-order chi connectivity index (χ0) is 22.8. The molecule has 32 heavy (non-hydrogen) atoms. The third-order valence-corrected chi connectivity index (χ3v) is 4.81. The van der Waals surface area contributed by atoms with Crippen LogP contribution in [0.25, 0.3) is 11.2 Å². The van der Waals surface area contributed by atoms with Gasteiger partial charge in [-0.3, -0.25) is 5.43 Å². The Balaban J connectivity index is 1.57. The van der Waals surface area contributed by atoms with Gasteiger partial charge in [0.05, 0.1) is 22.1 Å². The van der Waals surface area contributed by atoms with Crippen LogP contribution >= 0.6 is 23.2 Å². The number of carbonyl (C=O) groups excluding carboxylic acids is 2. The van der Waals surface area contributed by atoms with Crippen LogP contribution in [0, 0.1) is 11.3 Å². The number of esters is 1. The number of anilines is 1. The molecule has 12 nitrogen and oxygen atoms in total. The number of hydrogen-bond acceptors (Lipinski definition) is 10. The van der Waals surface area contributed by atoms with E-state index >= 15 is 0 Å². The molecule has 3 aromatic rings. The summed E-state index contributed by atoms with van der Waals surface area (Å²) in [5.74, 6) is -1.03. The summed E-state index contributed by atoms with van der Waals surface area (Å²) in [4.78, 5) is 34.9. The van der Waals surface area contributed by atoms with Gasteiger partial charge < -0.3 is 19.8 Å². The number of nitrogens with zero attached hydrogens (tertiary/aromatic N) is 6. The van der Waals surface area contributed by atoms with Gasteiger partial charge in [0.1, 0.15) is 12.4 Å². The number of imidazole rings is 1. The van der Waals surface area contributed by atoms with Crippen molar-refractivity contribution in [2.45, 2.75) is 18.9 Å². The Labute approximate surface area is 189 Å². The Hall–Kier alpha value is -3.95. The highest BCUT2D eigenvalue weighted by Crippen LogP contribution is 2.41. The fourth-order valence-electron chi connectivity index (χ4n) is 2.72. The molecule has 2 heterocycles. The van der Waals surface area contributed by atoms with Crippen LogP contribution in [-0.2, 0) is 9.53 Å². The number of halogens is 2. The van der Waals surface area contributed by atoms with Crippen molar-refractivity contribution in [1.82, 2.24) is 19.5 Å². The number of nitriles is 1. The van der Waals surface area contributed by atoms with E-state index in [1.54, 1.807) is 6.33 Å². The van der Waals surface area contributed by atoms with Crippen molar-refractivity contribution in [3.05, 3.63) is 34.8 Å². The minimum absolute atomic E-state index is 0.0850. The summed E-state index contributed by atoms with van der Waals surface area (Å²) in [5, 5.41) is 12.7. The summed E-state index contributed by atoms with van der Waals surface area (Å²) in [6.07, 6.45) is 3.81. The monoisotopic (exact) mass is 474 g/mol. The van der Waals surface area contributed by atoms with Crippen molar-refractivity contribution in [3.8, 4) is 17.7 Å². The SMILES string of the molecule is N#CC(=NNc1cc(Cl)c(Oc2ncnc3c2ncn3C2CC2)c(Cl)c1)C(=O)OC(N)=O. The fourth-order valence-corrected chi connectivity index (χ4v) is 3.28. The summed E-state index contributed by atoms with van der Waals surface area (Å²) in [6.45, 7) is 0. The molecule has 0 atom stereocenters. The number of carbonyl (C=O) groups is 2. The highest BCUT2D eigenvalue weighted by Gasteiger charge is 2.27. The zero-order valence-corrected chi connectivity index (χ0v) is 17.5. The third-order valence-electron chi connectivity index (χ3n) is 4.25. The van der Waals surface area contributed by atoms with Crippen LogP contribution in [0.4, 0.5) is 10.5 Å². The molecule has 1 aliphatic carbocycles. The first-order valence-electron chi connectivity index (χ1n) is 8.97. The van der Waals surface area contributed by atoms with Crippen LogP contribution in [0.15, 0.2) is 29.9 Å². The molecule has 1 amide bonds. The van der Waals surface area contributed by atoms with E-state index in [0.717, 1.165) is 12.8 Å². The highest BCUT2D eigenvalue weighted by atomic mass is 35.5. The second-order valence-corrected chi connectivity index (χ2v) is 7.31. The maximum Gasteiger partial charge on any atom is 0.412 e. The van der Waals surface area contributed by atoms with Gasteiger partial charge in [-0.15, -0.1) is 0 Å². The molecule has 0 bridgehead atoms. The predicted molar refractivity (Wildman–Crippen MR) is 112 cm³/mol. The smallest absolute Gasteiger partial charge is 0.412 e. The molecule has 0 aliphatic heterocycles. The van der Waals surface area contributed by atoms with Crippen molar-refractivity contribution in [1.29, 1.82) is 5.26 Å². The van der Waals surface area contributed by atoms with Gasteiger partial charge in [0.2, 0.25) is 5.71 Å². The number of hydrazone groups is 1. The lowest BCUT2D eigenvalue weighted by Gasteiger charge is -2.11. The number of aromatic nitrogens is 4. The molecule has 4 rings (SSSR count). The molecule has 1 saturated carbocycles. The van der Waals surface area contributed by atoms with E-state index in [0.29, 0.717) is 17.2 Å². The van der Waals surface area contributed by atoms with E-state index in [1.165, 1.54) is 24.5 Å². The first-order valence-corrected chi connectivity index (χ1v) is 9.72. The lowest BCUT2D eigenvalue weighted by atomic mass is 10.3. The standard InChI is InChI=1S/C18H12Cl2N8O4/c19-10-3-8(26-27-12(5-21)17(29)32-18(22)30)4-11(20)14(10)31-16-13-15(23-6-24-16)28(7-25-13)9-1-2-9/h3-4,6-7,9,26H,1-2H2,(H2,22,30). The van der Waals surface area contributed by atoms with Gasteiger partial charge in [-0.1, -0.05) is 23.2 Å². The van der Waals surface area contributed by atoms with E-state index in [9.17, 15) is 9.59 Å². The Morgan fingerprint density at radius 1 is 1.25 bits per heavy atom. The summed E-state index contributed by atoms with van der Waals surface area (Å²) in [7, 11) is 0. The Kier molecular flexibility index (Phi) is 5.76. The molecular formula is C18H12Cl2N8O4. The summed E-state index contributed by atoms with van der Waals surface area (Å²) in [6, 6.07) is 4.63. The number of primary amides is 1. The quantitative estimate of drug-likeness (QED) is 0.235. The molecule has 162 valence electrons. The number of nitrogens with two attached hydrogens (primary N) is 1. The Morgan fingerprint density at radius 3 is 2.59 bits per heavy atom. The topological polar surface area (TPSA) is 170 Å². The van der Waals surface area contributed by atoms with Crippen LogP contribution < -0.4 is 15.9 Å². The molecule has 0 saturated heterocycles. The average molecular weight is 475 g/mol. The minimum atomic E-state index is -1.37. The van der Waals surface area contributed by atoms with Crippen molar-refractivity contribution < 1.29 is 19.1 Å². The number of amides is 1. The first-order chi connectivity index (χ1) is 15.4. The highest BCUT2D eigenvalue weighted by molar-refractivity contribution is 6.44. The normalized spacial score (nSPS) is 13.5. The maximum absolute atomic E-state index is 11.5. The van der Waals surface area contributed by atoms with Crippen LogP contribution in [0.5, 0.6) is 11.6 Å². The second-order valence-electron chi connectivity index (χ2n) is 6.50. The van der Waals surface area contributed by atoms with Gasteiger partial charge in [-0.2, -0.15) is 15.3 Å². The van der Waals surface area contributed by atoms with E-state index in [-0.39, 0.29) is 27.4 Å². The van der Waals surface area contributed by atoms with E-state index in [2.05, 4.69) is 30.2 Å². The van der Waals surface area contributed by atoms with Gasteiger partial charge in [0.15, 0.2) is 16.9 Å². The van der Waals surface area contributed by atoms with Crippen molar-refractivity contribution >= 4 is 57.8 Å². The number of ether oxygens (including phenoxy) is 2. The number of benzene rings is 1. The van der Waals surface area contributed by atoms with Gasteiger partial charge in [-0.05, 0) is 25.0 Å². The Morgan fingerprint density at radius 2 is 1.97 bits per heavy atom. The molecule has 1 fully saturated rings. The number of hydrogen-bond donors (Lipinski definition) is 2. The van der Waals surface area contributed by atoms with Crippen molar-refractivity contribution in [3.63, 3.8) is 0 Å². The third kappa shape index (κ3) is 4.39. The van der Waals surface area contributed by atoms with E-state index in [4.69, 9.17) is 38.9 Å². The molecule has 2 aromatic heterocycles. The Bertz CT molecular complexity index is 1290. The summed E-state index contributed by atoms with van der Waals surface area (Å²) < 4.78 is 11.9. The predicted octanol–water partition coefficient (Wildman–Crippen LogP) is 3.17. The number of fused-ring (bicyclic) bond motifs is 1.